The van der Waals surface area contributed by atoms with Crippen LogP contribution in [-0.4, -0.2) is 18.7 Å². The van der Waals surface area contributed by atoms with Crippen molar-refractivity contribution in [2.75, 3.05) is 6.61 Å². The maximum Gasteiger partial charge on any atom is 0.261 e. The van der Waals surface area contributed by atoms with Gasteiger partial charge in [-0.3, -0.25) is 4.79 Å². The standard InChI is InChI=1S/C20H22Cl2N2O2/c1-20(2,3)16-7-4-14(5-8-16)11-24-26-13-19(25)23-12-15-6-9-17(21)10-18(15)22/h4-11H,12-13H2,1-3H3,(H,23,25)/b24-11-. The van der Waals surface area contributed by atoms with Gasteiger partial charge in [-0.15, -0.1) is 0 Å². The van der Waals surface area contributed by atoms with Gasteiger partial charge in [0.25, 0.3) is 5.91 Å². The number of carbonyl (C=O) groups is 1. The summed E-state index contributed by atoms with van der Waals surface area (Å²) in [4.78, 5) is 16.8. The Balaban J connectivity index is 1.76. The first-order valence-electron chi connectivity index (χ1n) is 8.22. The maximum absolute atomic E-state index is 11.8. The van der Waals surface area contributed by atoms with Crippen molar-refractivity contribution in [1.29, 1.82) is 0 Å². The fourth-order valence-electron chi connectivity index (χ4n) is 2.17. The number of carbonyl (C=O) groups excluding carboxylic acids is 1. The molecule has 26 heavy (non-hydrogen) atoms. The van der Waals surface area contributed by atoms with Crippen molar-refractivity contribution >= 4 is 35.3 Å². The Labute approximate surface area is 164 Å². The first-order chi connectivity index (χ1) is 12.3. The van der Waals surface area contributed by atoms with Crippen LogP contribution >= 0.6 is 23.2 Å². The molecule has 4 nitrogen and oxygen atoms in total. The highest BCUT2D eigenvalue weighted by Crippen LogP contribution is 2.22. The van der Waals surface area contributed by atoms with E-state index in [0.717, 1.165) is 11.1 Å². The Hall–Kier alpha value is -2.04. The highest BCUT2D eigenvalue weighted by molar-refractivity contribution is 6.35. The van der Waals surface area contributed by atoms with Crippen molar-refractivity contribution in [3.63, 3.8) is 0 Å². The van der Waals surface area contributed by atoms with Gasteiger partial charge in [0.05, 0.1) is 6.21 Å². The fraction of sp³-hybridized carbons (Fsp3) is 0.300. The third kappa shape index (κ3) is 6.36. The normalized spacial score (nSPS) is 11.6. The number of benzene rings is 2. The van der Waals surface area contributed by atoms with Crippen LogP contribution < -0.4 is 5.32 Å². The number of nitrogens with one attached hydrogen (secondary N) is 1. The van der Waals surface area contributed by atoms with Crippen LogP contribution in [0.25, 0.3) is 0 Å². The van der Waals surface area contributed by atoms with Crippen LogP contribution in [0.2, 0.25) is 10.0 Å². The van der Waals surface area contributed by atoms with E-state index in [-0.39, 0.29) is 17.9 Å². The Morgan fingerprint density at radius 2 is 1.85 bits per heavy atom. The zero-order valence-corrected chi connectivity index (χ0v) is 16.6. The molecule has 0 saturated carbocycles. The van der Waals surface area contributed by atoms with Gasteiger partial charge >= 0.3 is 0 Å². The monoisotopic (exact) mass is 392 g/mol. The molecule has 2 aromatic rings. The Bertz CT molecular complexity index is 781. The lowest BCUT2D eigenvalue weighted by Gasteiger charge is -2.18. The number of nitrogens with zero attached hydrogens (tertiary/aromatic N) is 1. The van der Waals surface area contributed by atoms with E-state index in [4.69, 9.17) is 28.0 Å². The minimum absolute atomic E-state index is 0.108. The van der Waals surface area contributed by atoms with Crippen molar-refractivity contribution in [3.8, 4) is 0 Å². The summed E-state index contributed by atoms with van der Waals surface area (Å²) in [5.41, 5.74) is 3.05. The summed E-state index contributed by atoms with van der Waals surface area (Å²) in [6.45, 7) is 6.62. The lowest BCUT2D eigenvalue weighted by atomic mass is 9.87. The van der Waals surface area contributed by atoms with Crippen molar-refractivity contribution in [1.82, 2.24) is 5.32 Å². The van der Waals surface area contributed by atoms with Crippen molar-refractivity contribution < 1.29 is 9.63 Å². The Morgan fingerprint density at radius 3 is 2.46 bits per heavy atom. The zero-order valence-electron chi connectivity index (χ0n) is 15.1. The molecule has 0 fully saturated rings. The molecule has 0 saturated heterocycles. The summed E-state index contributed by atoms with van der Waals surface area (Å²) < 4.78 is 0. The molecule has 0 spiro atoms. The average molecular weight is 393 g/mol. The summed E-state index contributed by atoms with van der Waals surface area (Å²) in [5.74, 6) is -0.281. The number of amides is 1. The number of hydrogen-bond donors (Lipinski definition) is 1. The van der Waals surface area contributed by atoms with Crippen LogP contribution in [0.1, 0.15) is 37.5 Å². The van der Waals surface area contributed by atoms with E-state index in [0.29, 0.717) is 16.6 Å². The van der Waals surface area contributed by atoms with Crippen LogP contribution in [-0.2, 0) is 21.6 Å². The topological polar surface area (TPSA) is 50.7 Å². The van der Waals surface area contributed by atoms with Gasteiger partial charge in [0.2, 0.25) is 0 Å². The molecule has 0 aliphatic rings. The number of hydrogen-bond acceptors (Lipinski definition) is 3. The Morgan fingerprint density at radius 1 is 1.15 bits per heavy atom. The van der Waals surface area contributed by atoms with Gasteiger partial charge in [-0.05, 0) is 34.2 Å². The maximum atomic E-state index is 11.8. The molecule has 0 aromatic heterocycles. The van der Waals surface area contributed by atoms with Crippen molar-refractivity contribution in [3.05, 3.63) is 69.2 Å². The molecule has 0 atom stereocenters. The second kappa shape index (κ2) is 9.06. The van der Waals surface area contributed by atoms with Gasteiger partial charge < -0.3 is 10.2 Å². The molecule has 2 aromatic carbocycles. The van der Waals surface area contributed by atoms with Crippen LogP contribution in [0.3, 0.4) is 0 Å². The highest BCUT2D eigenvalue weighted by Gasteiger charge is 2.12. The molecule has 0 heterocycles. The molecule has 0 radical (unpaired) electrons. The lowest BCUT2D eigenvalue weighted by Crippen LogP contribution is -2.26. The van der Waals surface area contributed by atoms with Crippen LogP contribution in [0.5, 0.6) is 0 Å². The molecular weight excluding hydrogens is 371 g/mol. The predicted molar refractivity (Wildman–Crippen MR) is 107 cm³/mol. The van der Waals surface area contributed by atoms with Gasteiger partial charge in [-0.1, -0.05) is 79.5 Å². The Kier molecular flexibility index (Phi) is 7.06. The van der Waals surface area contributed by atoms with E-state index >= 15 is 0 Å². The van der Waals surface area contributed by atoms with E-state index in [1.165, 1.54) is 5.56 Å². The van der Waals surface area contributed by atoms with Gasteiger partial charge in [0, 0.05) is 16.6 Å². The van der Waals surface area contributed by atoms with Crippen molar-refractivity contribution in [2.24, 2.45) is 5.16 Å². The van der Waals surface area contributed by atoms with Gasteiger partial charge in [-0.25, -0.2) is 0 Å². The van der Waals surface area contributed by atoms with E-state index < -0.39 is 0 Å². The number of halogens is 2. The summed E-state index contributed by atoms with van der Waals surface area (Å²) in [7, 11) is 0. The fourth-order valence-corrected chi connectivity index (χ4v) is 2.65. The van der Waals surface area contributed by atoms with E-state index in [1.54, 1.807) is 24.4 Å². The smallest absolute Gasteiger partial charge is 0.261 e. The van der Waals surface area contributed by atoms with E-state index in [2.05, 4.69) is 43.4 Å². The third-order valence-electron chi connectivity index (χ3n) is 3.74. The minimum Gasteiger partial charge on any atom is -0.386 e. The van der Waals surface area contributed by atoms with Crippen LogP contribution in [0.4, 0.5) is 0 Å². The second-order valence-corrected chi connectivity index (χ2v) is 7.74. The molecule has 0 aliphatic heterocycles. The molecule has 0 aliphatic carbocycles. The summed E-state index contributed by atoms with van der Waals surface area (Å²) in [6.07, 6.45) is 1.58. The second-order valence-electron chi connectivity index (χ2n) is 6.89. The molecule has 1 N–H and O–H groups in total. The third-order valence-corrected chi connectivity index (χ3v) is 4.33. The average Bonchev–Trinajstić information content (AvgIpc) is 2.57. The highest BCUT2D eigenvalue weighted by atomic mass is 35.5. The van der Waals surface area contributed by atoms with Crippen molar-refractivity contribution in [2.45, 2.75) is 32.7 Å². The molecular formula is C20H22Cl2N2O2. The first kappa shape index (κ1) is 20.3. The zero-order chi connectivity index (χ0) is 19.2. The number of rotatable bonds is 6. The summed E-state index contributed by atoms with van der Waals surface area (Å²) in [5, 5.41) is 7.61. The van der Waals surface area contributed by atoms with E-state index in [9.17, 15) is 4.79 Å². The number of oxime groups is 1. The predicted octanol–water partition coefficient (Wildman–Crippen LogP) is 4.96. The summed E-state index contributed by atoms with van der Waals surface area (Å²) >= 11 is 11.9. The largest absolute Gasteiger partial charge is 0.386 e. The van der Waals surface area contributed by atoms with E-state index in [1.807, 2.05) is 12.1 Å². The molecule has 138 valence electrons. The lowest BCUT2D eigenvalue weighted by molar-refractivity contribution is -0.125. The molecule has 1 amide bonds. The molecule has 2 rings (SSSR count). The van der Waals surface area contributed by atoms with Gasteiger partial charge in [-0.2, -0.15) is 0 Å². The van der Waals surface area contributed by atoms with Crippen LogP contribution in [0.15, 0.2) is 47.6 Å². The molecule has 0 bridgehead atoms. The molecule has 0 unspecified atom stereocenters. The SMILES string of the molecule is CC(C)(C)c1ccc(/C=N\OCC(=O)NCc2ccc(Cl)cc2Cl)cc1. The quantitative estimate of drug-likeness (QED) is 0.557. The van der Waals surface area contributed by atoms with Gasteiger partial charge in [0.1, 0.15) is 0 Å². The first-order valence-corrected chi connectivity index (χ1v) is 8.98. The molecule has 6 heteroatoms. The minimum atomic E-state index is -0.281. The van der Waals surface area contributed by atoms with Crippen LogP contribution in [0, 0.1) is 0 Å². The van der Waals surface area contributed by atoms with Gasteiger partial charge in [0.15, 0.2) is 6.61 Å². The summed E-state index contributed by atoms with van der Waals surface area (Å²) in [6, 6.07) is 13.2.